The first-order valence-electron chi connectivity index (χ1n) is 10.6. The van der Waals surface area contributed by atoms with E-state index in [0.717, 1.165) is 11.8 Å². The fraction of sp³-hybridized carbons (Fsp3) is 0.208. The van der Waals surface area contributed by atoms with E-state index in [0.29, 0.717) is 23.3 Å². The highest BCUT2D eigenvalue weighted by Crippen LogP contribution is 2.24. The van der Waals surface area contributed by atoms with Gasteiger partial charge in [0.15, 0.2) is 11.0 Å². The summed E-state index contributed by atoms with van der Waals surface area (Å²) in [5.74, 6) is -1.63. The monoisotopic (exact) mass is 548 g/mol. The third-order valence-corrected chi connectivity index (χ3v) is 6.07. The summed E-state index contributed by atoms with van der Waals surface area (Å²) in [6.45, 7) is 4.08. The van der Waals surface area contributed by atoms with Crippen molar-refractivity contribution >= 4 is 46.9 Å². The Morgan fingerprint density at radius 1 is 1.14 bits per heavy atom. The molecule has 1 heterocycles. The number of ether oxygens (including phenoxy) is 3. The Bertz CT molecular complexity index is 1330. The maximum Gasteiger partial charge on any atom is 0.339 e. The molecule has 0 radical (unpaired) electrons. The number of thioether (sulfide) groups is 1. The van der Waals surface area contributed by atoms with Gasteiger partial charge in [0.2, 0.25) is 5.91 Å². The highest BCUT2D eigenvalue weighted by atomic mass is 35.5. The second kappa shape index (κ2) is 12.9. The van der Waals surface area contributed by atoms with E-state index in [-0.39, 0.29) is 34.2 Å². The van der Waals surface area contributed by atoms with Gasteiger partial charge in [-0.2, -0.15) is 0 Å². The van der Waals surface area contributed by atoms with Crippen LogP contribution in [0.2, 0.25) is 5.02 Å². The predicted octanol–water partition coefficient (Wildman–Crippen LogP) is 4.14. The van der Waals surface area contributed by atoms with Gasteiger partial charge >= 0.3 is 11.9 Å². The van der Waals surface area contributed by atoms with Gasteiger partial charge in [0, 0.05) is 12.6 Å². The molecular weight excluding hydrogens is 527 g/mol. The van der Waals surface area contributed by atoms with Crippen molar-refractivity contribution in [2.75, 3.05) is 25.3 Å². The van der Waals surface area contributed by atoms with Crippen LogP contribution in [0.15, 0.2) is 54.2 Å². The van der Waals surface area contributed by atoms with Crippen molar-refractivity contribution < 1.29 is 33.0 Å². The van der Waals surface area contributed by atoms with Gasteiger partial charge in [-0.3, -0.25) is 9.36 Å². The fourth-order valence-electron chi connectivity index (χ4n) is 3.06. The van der Waals surface area contributed by atoms with Gasteiger partial charge in [0.05, 0.1) is 41.8 Å². The van der Waals surface area contributed by atoms with E-state index in [2.05, 4.69) is 22.1 Å². The Hall–Kier alpha value is -3.90. The minimum Gasteiger partial charge on any atom is -0.486 e. The SMILES string of the molecule is C=CCn1c(COc2ccc(F)c(Cl)c2)nnc1SCC(=O)Nc1cc(C(=O)OC)ccc1C(=O)OC. The van der Waals surface area contributed by atoms with E-state index in [1.54, 1.807) is 10.6 Å². The molecule has 0 aliphatic heterocycles. The van der Waals surface area contributed by atoms with Gasteiger partial charge < -0.3 is 19.5 Å². The van der Waals surface area contributed by atoms with Crippen molar-refractivity contribution in [1.82, 2.24) is 14.8 Å². The van der Waals surface area contributed by atoms with Crippen LogP contribution in [-0.4, -0.2) is 52.6 Å². The van der Waals surface area contributed by atoms with Gasteiger partial charge in [-0.15, -0.1) is 16.8 Å². The summed E-state index contributed by atoms with van der Waals surface area (Å²) in [4.78, 5) is 36.7. The third kappa shape index (κ3) is 7.08. The molecule has 0 unspecified atom stereocenters. The summed E-state index contributed by atoms with van der Waals surface area (Å²) in [5, 5.41) is 11.2. The van der Waals surface area contributed by atoms with Crippen LogP contribution in [-0.2, 0) is 27.4 Å². The van der Waals surface area contributed by atoms with E-state index in [9.17, 15) is 18.8 Å². The number of esters is 2. The molecule has 0 fully saturated rings. The molecule has 13 heteroatoms. The maximum atomic E-state index is 13.4. The lowest BCUT2D eigenvalue weighted by atomic mass is 10.1. The zero-order valence-corrected chi connectivity index (χ0v) is 21.4. The highest BCUT2D eigenvalue weighted by Gasteiger charge is 2.19. The standard InChI is InChI=1S/C24H22ClFN4O6S/c1-4-9-30-20(12-36-15-6-8-18(26)17(25)11-15)28-29-24(30)37-13-21(31)27-19-10-14(22(32)34-2)5-7-16(19)23(33)35-3/h4-8,10-11H,1,9,12-13H2,2-3H3,(H,27,31). The Morgan fingerprint density at radius 2 is 1.89 bits per heavy atom. The van der Waals surface area contributed by atoms with E-state index in [1.165, 1.54) is 50.6 Å². The second-order valence-corrected chi connectivity index (χ2v) is 8.59. The lowest BCUT2D eigenvalue weighted by molar-refractivity contribution is -0.113. The minimum atomic E-state index is -0.683. The number of anilines is 1. The molecule has 0 spiro atoms. The first kappa shape index (κ1) is 27.7. The van der Waals surface area contributed by atoms with Crippen molar-refractivity contribution in [2.24, 2.45) is 0 Å². The molecule has 0 saturated carbocycles. The van der Waals surface area contributed by atoms with E-state index < -0.39 is 23.7 Å². The second-order valence-electron chi connectivity index (χ2n) is 7.24. The molecule has 1 N–H and O–H groups in total. The lowest BCUT2D eigenvalue weighted by Crippen LogP contribution is -2.18. The van der Waals surface area contributed by atoms with Gasteiger partial charge in [0.1, 0.15) is 18.2 Å². The first-order valence-corrected chi connectivity index (χ1v) is 12.0. The Morgan fingerprint density at radius 3 is 2.57 bits per heavy atom. The summed E-state index contributed by atoms with van der Waals surface area (Å²) >= 11 is 6.88. The average molecular weight is 549 g/mol. The summed E-state index contributed by atoms with van der Waals surface area (Å²) in [5.41, 5.74) is 0.319. The molecule has 1 amide bonds. The summed E-state index contributed by atoms with van der Waals surface area (Å²) < 4.78 is 30.1. The van der Waals surface area contributed by atoms with Crippen LogP contribution >= 0.6 is 23.4 Å². The third-order valence-electron chi connectivity index (χ3n) is 4.82. The zero-order chi connectivity index (χ0) is 26.9. The molecule has 3 aromatic rings. The van der Waals surface area contributed by atoms with Crippen LogP contribution in [0.1, 0.15) is 26.5 Å². The quantitative estimate of drug-likeness (QED) is 0.214. The van der Waals surface area contributed by atoms with Crippen molar-refractivity contribution in [3.05, 3.63) is 76.8 Å². The molecule has 194 valence electrons. The molecular formula is C24H22ClFN4O6S. The number of amides is 1. The van der Waals surface area contributed by atoms with E-state index >= 15 is 0 Å². The maximum absolute atomic E-state index is 13.4. The smallest absolute Gasteiger partial charge is 0.339 e. The number of rotatable bonds is 11. The first-order chi connectivity index (χ1) is 17.8. The lowest BCUT2D eigenvalue weighted by Gasteiger charge is -2.12. The molecule has 0 aliphatic rings. The van der Waals surface area contributed by atoms with Crippen LogP contribution in [0.5, 0.6) is 5.75 Å². The number of nitrogens with zero attached hydrogens (tertiary/aromatic N) is 3. The fourth-order valence-corrected chi connectivity index (χ4v) is 3.99. The predicted molar refractivity (Wildman–Crippen MR) is 134 cm³/mol. The number of hydrogen-bond donors (Lipinski definition) is 1. The summed E-state index contributed by atoms with van der Waals surface area (Å²) in [6, 6.07) is 8.07. The van der Waals surface area contributed by atoms with Gasteiger partial charge in [0.25, 0.3) is 0 Å². The normalized spacial score (nSPS) is 10.5. The van der Waals surface area contributed by atoms with Crippen LogP contribution in [0.3, 0.4) is 0 Å². The van der Waals surface area contributed by atoms with Crippen molar-refractivity contribution in [2.45, 2.75) is 18.3 Å². The van der Waals surface area contributed by atoms with Gasteiger partial charge in [-0.05, 0) is 30.3 Å². The van der Waals surface area contributed by atoms with Crippen LogP contribution < -0.4 is 10.1 Å². The van der Waals surface area contributed by atoms with Gasteiger partial charge in [-0.25, -0.2) is 14.0 Å². The molecule has 0 atom stereocenters. The Labute approximate surface area is 220 Å². The molecule has 2 aromatic carbocycles. The van der Waals surface area contributed by atoms with E-state index in [1.807, 2.05) is 0 Å². The minimum absolute atomic E-state index is 0.0123. The molecule has 3 rings (SSSR count). The molecule has 10 nitrogen and oxygen atoms in total. The zero-order valence-electron chi connectivity index (χ0n) is 19.8. The number of aromatic nitrogens is 3. The average Bonchev–Trinajstić information content (AvgIpc) is 3.28. The van der Waals surface area contributed by atoms with E-state index in [4.69, 9.17) is 25.8 Å². The highest BCUT2D eigenvalue weighted by molar-refractivity contribution is 7.99. The summed E-state index contributed by atoms with van der Waals surface area (Å²) in [7, 11) is 2.43. The summed E-state index contributed by atoms with van der Waals surface area (Å²) in [6.07, 6.45) is 1.63. The Balaban J connectivity index is 1.70. The van der Waals surface area contributed by atoms with Crippen molar-refractivity contribution in [3.63, 3.8) is 0 Å². The number of methoxy groups -OCH3 is 2. The number of nitrogens with one attached hydrogen (secondary N) is 1. The molecule has 0 bridgehead atoms. The van der Waals surface area contributed by atoms with Gasteiger partial charge in [-0.1, -0.05) is 29.4 Å². The number of halogens is 2. The number of benzene rings is 2. The molecule has 0 saturated heterocycles. The molecule has 1 aromatic heterocycles. The Kier molecular flexibility index (Phi) is 9.64. The number of allylic oxidation sites excluding steroid dienone is 1. The topological polar surface area (TPSA) is 122 Å². The van der Waals surface area contributed by atoms with Crippen molar-refractivity contribution in [3.8, 4) is 5.75 Å². The molecule has 0 aliphatic carbocycles. The van der Waals surface area contributed by atoms with Crippen LogP contribution in [0, 0.1) is 5.82 Å². The number of hydrogen-bond acceptors (Lipinski definition) is 9. The number of carbonyl (C=O) groups excluding carboxylic acids is 3. The van der Waals surface area contributed by atoms with Crippen LogP contribution in [0.25, 0.3) is 0 Å². The largest absolute Gasteiger partial charge is 0.486 e. The number of carbonyl (C=O) groups is 3. The molecule has 37 heavy (non-hydrogen) atoms. The van der Waals surface area contributed by atoms with Crippen molar-refractivity contribution in [1.29, 1.82) is 0 Å². The van der Waals surface area contributed by atoms with Crippen LogP contribution in [0.4, 0.5) is 10.1 Å².